The number of aromatic nitrogens is 2. The minimum atomic E-state index is -3.91. The van der Waals surface area contributed by atoms with Crippen LogP contribution in [0.3, 0.4) is 0 Å². The van der Waals surface area contributed by atoms with Gasteiger partial charge in [0.15, 0.2) is 0 Å². The minimum absolute atomic E-state index is 0.0143. The molecule has 3 saturated carbocycles. The monoisotopic (exact) mass is 768 g/mol. The molecule has 1 unspecified atom stereocenters. The molecular weight excluding hydrogens is 725 g/mol. The van der Waals surface area contributed by atoms with Crippen molar-refractivity contribution >= 4 is 56.4 Å². The largest absolute Gasteiger partial charge is 0.471 e. The molecule has 4 heterocycles. The van der Waals surface area contributed by atoms with E-state index in [0.717, 1.165) is 30.6 Å². The Kier molecular flexibility index (Phi) is 9.76. The highest BCUT2D eigenvalue weighted by atomic mass is 32.2. The Morgan fingerprint density at radius 2 is 1.87 bits per heavy atom. The zero-order chi connectivity index (χ0) is 37.7. The second kappa shape index (κ2) is 14.0. The fourth-order valence-electron chi connectivity index (χ4n) is 7.11. The van der Waals surface area contributed by atoms with Crippen molar-refractivity contribution in [3.63, 3.8) is 0 Å². The van der Waals surface area contributed by atoms with E-state index in [-0.39, 0.29) is 37.1 Å². The maximum absolute atomic E-state index is 14.6. The Labute approximate surface area is 311 Å². The van der Waals surface area contributed by atoms with E-state index >= 15 is 0 Å². The molecule has 284 valence electrons. The lowest BCUT2D eigenvalue weighted by molar-refractivity contribution is -0.143. The number of carbonyl (C=O) groups excluding carboxylic acids is 4. The topological polar surface area (TPSA) is 199 Å². The number of ether oxygens (including phenoxy) is 2. The molecule has 0 radical (unpaired) electrons. The lowest BCUT2D eigenvalue weighted by atomic mass is 9.85. The minimum Gasteiger partial charge on any atom is -0.471 e. The first kappa shape index (κ1) is 36.8. The number of carbonyl (C=O) groups is 4. The molecule has 3 aliphatic carbocycles. The van der Waals surface area contributed by atoms with Gasteiger partial charge in [0.2, 0.25) is 33.4 Å². The van der Waals surface area contributed by atoms with Gasteiger partial charge in [0.1, 0.15) is 41.0 Å². The van der Waals surface area contributed by atoms with Crippen molar-refractivity contribution in [1.29, 1.82) is 0 Å². The summed E-state index contributed by atoms with van der Waals surface area (Å²) in [6, 6.07) is 3.15. The number of likely N-dealkylation sites (tertiary alicyclic amines) is 1. The number of furan rings is 1. The van der Waals surface area contributed by atoms with Crippen LogP contribution in [0.4, 0.5) is 4.79 Å². The van der Waals surface area contributed by atoms with Crippen molar-refractivity contribution in [3.05, 3.63) is 42.5 Å². The predicted molar refractivity (Wildman–Crippen MR) is 194 cm³/mol. The summed E-state index contributed by atoms with van der Waals surface area (Å²) < 4.78 is 45.2. The molecule has 7 rings (SSSR count). The van der Waals surface area contributed by atoms with Crippen LogP contribution in [0.1, 0.15) is 72.1 Å². The van der Waals surface area contributed by atoms with Crippen molar-refractivity contribution in [1.82, 2.24) is 30.2 Å². The van der Waals surface area contributed by atoms with E-state index in [1.54, 1.807) is 26.8 Å². The summed E-state index contributed by atoms with van der Waals surface area (Å²) in [6.45, 7) is 9.09. The van der Waals surface area contributed by atoms with Crippen LogP contribution < -0.4 is 20.1 Å². The van der Waals surface area contributed by atoms with Gasteiger partial charge in [-0.2, -0.15) is 4.98 Å². The summed E-state index contributed by atoms with van der Waals surface area (Å²) >= 11 is 1.44. The Hall–Kier alpha value is -4.51. The zero-order valence-electron chi connectivity index (χ0n) is 29.8. The molecule has 0 bridgehead atoms. The average molecular weight is 769 g/mol. The number of nitrogens with one attached hydrogen (secondary N) is 3. The maximum Gasteiger partial charge on any atom is 0.408 e. The molecule has 4 fully saturated rings. The van der Waals surface area contributed by atoms with Crippen molar-refractivity contribution in [2.45, 2.75) is 107 Å². The number of nitrogens with zero attached hydrogens (tertiary/aromatic N) is 3. The fraction of sp³-hybridized carbons (Fsp3) is 0.556. The van der Waals surface area contributed by atoms with Crippen molar-refractivity contribution < 1.29 is 41.5 Å². The smallest absolute Gasteiger partial charge is 0.408 e. The summed E-state index contributed by atoms with van der Waals surface area (Å²) in [4.78, 5) is 66.9. The molecule has 4 aliphatic rings. The molecule has 17 heteroatoms. The molecule has 0 aromatic carbocycles. The average Bonchev–Trinajstić information content (AvgIpc) is 3.68. The number of sulfonamides is 1. The second-order valence-electron chi connectivity index (χ2n) is 15.4. The molecule has 4 amide bonds. The van der Waals surface area contributed by atoms with Crippen molar-refractivity contribution in [2.24, 2.45) is 11.3 Å². The molecule has 1 saturated heterocycles. The second-order valence-corrected chi connectivity index (χ2v) is 18.3. The van der Waals surface area contributed by atoms with Crippen LogP contribution in [0, 0.1) is 11.3 Å². The van der Waals surface area contributed by atoms with Gasteiger partial charge in [0.05, 0.1) is 22.9 Å². The van der Waals surface area contributed by atoms with Crippen LogP contribution in [-0.2, 0) is 29.1 Å². The molecule has 53 heavy (non-hydrogen) atoms. The summed E-state index contributed by atoms with van der Waals surface area (Å²) in [7, 11) is -3.91. The SMILES string of the molecule is C=C[C@@H]1CC1(NC(=O)[C@@H]1C[C@@H](Oc2nc3occc3nc2-c2cccs2)CN1C(=O)[C@@H](NC(=O)OC1CCCC1)C(C)(C)C)C(=O)NS(=O)(=O)C1CC1. The number of fused-ring (bicyclic) bond motifs is 1. The Bertz CT molecular complexity index is 2020. The van der Waals surface area contributed by atoms with Crippen LogP contribution in [0.2, 0.25) is 0 Å². The standard InChI is InChI=1S/C36H44N6O9S2/c1-5-20-18-36(20,33(45)41-53(47,48)23-12-13-23)40-29(43)25-17-22(50-31-27(26-11-8-16-52-26)37-24-14-15-49-30(24)39-31)19-42(25)32(44)28(35(2,3)4)38-34(46)51-21-9-6-7-10-21/h5,8,11,14-16,20-23,25,28H,1,6-7,9-10,12-13,17-19H2,2-4H3,(H,38,46)(H,40,43)(H,41,45)/t20-,22-,25+,28-,36?/m1/s1. The third-order valence-electron chi connectivity index (χ3n) is 10.3. The predicted octanol–water partition coefficient (Wildman–Crippen LogP) is 4.05. The number of rotatable bonds is 12. The number of hydrogen-bond donors (Lipinski definition) is 3. The highest BCUT2D eigenvalue weighted by molar-refractivity contribution is 7.91. The zero-order valence-corrected chi connectivity index (χ0v) is 31.5. The Morgan fingerprint density at radius 1 is 1.11 bits per heavy atom. The number of hydrogen-bond acceptors (Lipinski definition) is 12. The van der Waals surface area contributed by atoms with E-state index in [2.05, 4.69) is 26.9 Å². The van der Waals surface area contributed by atoms with Crippen LogP contribution in [0.25, 0.3) is 21.8 Å². The first-order chi connectivity index (χ1) is 25.2. The third-order valence-corrected chi connectivity index (χ3v) is 13.0. The molecule has 0 spiro atoms. The van der Waals surface area contributed by atoms with E-state index in [1.165, 1.54) is 28.6 Å². The highest BCUT2D eigenvalue weighted by Gasteiger charge is 2.62. The number of thiophene rings is 1. The van der Waals surface area contributed by atoms with Crippen molar-refractivity contribution in [2.75, 3.05) is 6.54 Å². The molecular formula is C36H44N6O9S2. The summed E-state index contributed by atoms with van der Waals surface area (Å²) in [5, 5.41) is 6.80. The van der Waals surface area contributed by atoms with Crippen LogP contribution >= 0.6 is 11.3 Å². The highest BCUT2D eigenvalue weighted by Crippen LogP contribution is 2.46. The van der Waals surface area contributed by atoms with Gasteiger partial charge >= 0.3 is 6.09 Å². The van der Waals surface area contributed by atoms with E-state index in [1.807, 2.05) is 17.5 Å². The van der Waals surface area contributed by atoms with Gasteiger partial charge in [-0.05, 0) is 61.8 Å². The van der Waals surface area contributed by atoms with E-state index in [4.69, 9.17) is 18.9 Å². The van der Waals surface area contributed by atoms with E-state index in [9.17, 15) is 27.6 Å². The van der Waals surface area contributed by atoms with Gasteiger partial charge in [-0.15, -0.1) is 17.9 Å². The summed E-state index contributed by atoms with van der Waals surface area (Å²) in [5.74, 6) is -2.47. The van der Waals surface area contributed by atoms with Gasteiger partial charge in [-0.25, -0.2) is 18.2 Å². The first-order valence-electron chi connectivity index (χ1n) is 17.9. The lowest BCUT2D eigenvalue weighted by Crippen LogP contribution is -2.60. The first-order valence-corrected chi connectivity index (χ1v) is 20.3. The van der Waals surface area contributed by atoms with Crippen LogP contribution in [0.15, 0.2) is 46.9 Å². The summed E-state index contributed by atoms with van der Waals surface area (Å²) in [5.41, 5.74) is -1.14. The quantitative estimate of drug-likeness (QED) is 0.225. The van der Waals surface area contributed by atoms with E-state index < -0.39 is 74.1 Å². The molecule has 1 aliphatic heterocycles. The molecule has 15 nitrogen and oxygen atoms in total. The van der Waals surface area contributed by atoms with Gasteiger partial charge in [0.25, 0.3) is 5.91 Å². The van der Waals surface area contributed by atoms with Gasteiger partial charge < -0.3 is 29.4 Å². The fourth-order valence-corrected chi connectivity index (χ4v) is 9.18. The van der Waals surface area contributed by atoms with E-state index in [0.29, 0.717) is 24.1 Å². The summed E-state index contributed by atoms with van der Waals surface area (Å²) in [6.07, 6.45) is 5.66. The maximum atomic E-state index is 14.6. The normalized spacial score (nSPS) is 25.1. The number of alkyl carbamates (subject to hydrolysis) is 1. The number of amides is 4. The van der Waals surface area contributed by atoms with Crippen LogP contribution in [0.5, 0.6) is 5.88 Å². The molecule has 5 atom stereocenters. The Morgan fingerprint density at radius 3 is 2.51 bits per heavy atom. The lowest BCUT2D eigenvalue weighted by Gasteiger charge is -2.35. The third kappa shape index (κ3) is 7.63. The molecule has 3 aromatic rings. The van der Waals surface area contributed by atoms with Gasteiger partial charge in [0, 0.05) is 18.4 Å². The van der Waals surface area contributed by atoms with Crippen molar-refractivity contribution in [3.8, 4) is 16.5 Å². The molecule has 3 N–H and O–H groups in total. The molecule has 3 aromatic heterocycles. The van der Waals surface area contributed by atoms with Gasteiger partial charge in [-0.3, -0.25) is 19.1 Å². The van der Waals surface area contributed by atoms with Gasteiger partial charge in [-0.1, -0.05) is 32.9 Å². The van der Waals surface area contributed by atoms with Crippen LogP contribution in [-0.4, -0.2) is 88.7 Å². The Balaban J connectivity index is 1.18.